The molecule has 1 aromatic heterocycles. The molecule has 0 radical (unpaired) electrons. The molecule has 0 saturated carbocycles. The standard InChI is InChI=1S/C31H21N3/c32-17-21-10-9-20-14-22-15-23(31(20)28(21)18-33)13-19-11-12-24(16-27(19)22)34-29-7-3-1-5-25(29)26-6-2-4-8-30(26)34/h1-12,16,22-23H,13-15H2. The van der Waals surface area contributed by atoms with Gasteiger partial charge in [-0.05, 0) is 83.7 Å². The number of aromatic nitrogens is 1. The van der Waals surface area contributed by atoms with Crippen molar-refractivity contribution in [3.8, 4) is 17.8 Å². The summed E-state index contributed by atoms with van der Waals surface area (Å²) in [6.07, 6.45) is 2.89. The molecule has 5 aromatic rings. The lowest BCUT2D eigenvalue weighted by Crippen LogP contribution is -2.26. The van der Waals surface area contributed by atoms with Crippen molar-refractivity contribution in [2.75, 3.05) is 0 Å². The van der Waals surface area contributed by atoms with Crippen LogP contribution in [0.5, 0.6) is 0 Å². The molecule has 34 heavy (non-hydrogen) atoms. The van der Waals surface area contributed by atoms with Gasteiger partial charge in [-0.15, -0.1) is 0 Å². The summed E-state index contributed by atoms with van der Waals surface area (Å²) in [6.45, 7) is 0. The number of nitriles is 2. The van der Waals surface area contributed by atoms with E-state index in [-0.39, 0.29) is 0 Å². The van der Waals surface area contributed by atoms with Crippen LogP contribution in [0.4, 0.5) is 0 Å². The van der Waals surface area contributed by atoms with Crippen LogP contribution in [0.25, 0.3) is 27.5 Å². The number of hydrogen-bond acceptors (Lipinski definition) is 2. The van der Waals surface area contributed by atoms with Gasteiger partial charge in [-0.3, -0.25) is 0 Å². The molecule has 3 heteroatoms. The van der Waals surface area contributed by atoms with Crippen LogP contribution < -0.4 is 0 Å². The van der Waals surface area contributed by atoms with Gasteiger partial charge in [0.2, 0.25) is 0 Å². The Morgan fingerprint density at radius 3 is 2.09 bits per heavy atom. The van der Waals surface area contributed by atoms with E-state index in [0.29, 0.717) is 23.0 Å². The topological polar surface area (TPSA) is 52.5 Å². The van der Waals surface area contributed by atoms with Gasteiger partial charge in [-0.1, -0.05) is 48.5 Å². The monoisotopic (exact) mass is 435 g/mol. The van der Waals surface area contributed by atoms with Crippen molar-refractivity contribution in [2.24, 2.45) is 0 Å². The first kappa shape index (κ1) is 19.2. The second kappa shape index (κ2) is 7.08. The fourth-order valence-corrected chi connectivity index (χ4v) is 6.51. The molecule has 2 bridgehead atoms. The number of hydrogen-bond donors (Lipinski definition) is 0. The highest BCUT2D eigenvalue weighted by Crippen LogP contribution is 2.49. The van der Waals surface area contributed by atoms with Gasteiger partial charge in [0.1, 0.15) is 12.1 Å². The first-order valence-corrected chi connectivity index (χ1v) is 11.8. The first-order chi connectivity index (χ1) is 16.8. The number of para-hydroxylation sites is 2. The molecule has 0 amide bonds. The Balaban J connectivity index is 1.39. The van der Waals surface area contributed by atoms with Crippen LogP contribution in [0.15, 0.2) is 78.9 Å². The lowest BCUT2D eigenvalue weighted by molar-refractivity contribution is 0.457. The SMILES string of the molecule is N#Cc1ccc2c(c1C#N)C1Cc3ccc(-n4c5ccccc5c5ccccc54)cc3C(C2)C1. The van der Waals surface area contributed by atoms with Gasteiger partial charge in [0.15, 0.2) is 0 Å². The number of nitrogens with zero attached hydrogens (tertiary/aromatic N) is 3. The third kappa shape index (κ3) is 2.56. The maximum absolute atomic E-state index is 9.81. The summed E-state index contributed by atoms with van der Waals surface area (Å²) in [6, 6.07) is 32.7. The highest BCUT2D eigenvalue weighted by molar-refractivity contribution is 6.09. The zero-order valence-corrected chi connectivity index (χ0v) is 18.6. The Hall–Kier alpha value is -4.34. The van der Waals surface area contributed by atoms with E-state index >= 15 is 0 Å². The smallest absolute Gasteiger partial charge is 0.101 e. The molecule has 4 aromatic carbocycles. The Bertz CT molecular complexity index is 1670. The van der Waals surface area contributed by atoms with Gasteiger partial charge in [-0.25, -0.2) is 0 Å². The molecule has 3 nitrogen and oxygen atoms in total. The molecule has 2 aliphatic rings. The summed E-state index contributed by atoms with van der Waals surface area (Å²) in [5.41, 5.74) is 9.94. The average molecular weight is 436 g/mol. The minimum Gasteiger partial charge on any atom is -0.309 e. The number of benzene rings is 4. The lowest BCUT2D eigenvalue weighted by Gasteiger charge is -2.38. The predicted molar refractivity (Wildman–Crippen MR) is 134 cm³/mol. The Labute approximate surface area is 198 Å². The second-order valence-corrected chi connectivity index (χ2v) is 9.58. The average Bonchev–Trinajstić information content (AvgIpc) is 3.22. The third-order valence-electron chi connectivity index (χ3n) is 7.89. The fraction of sp³-hybridized carbons (Fsp3) is 0.161. The van der Waals surface area contributed by atoms with Gasteiger partial charge >= 0.3 is 0 Å². The predicted octanol–water partition coefficient (Wildman–Crippen LogP) is 6.90. The molecule has 2 aliphatic carbocycles. The molecule has 7 rings (SSSR count). The summed E-state index contributed by atoms with van der Waals surface area (Å²) in [5.74, 6) is 0.747. The zero-order chi connectivity index (χ0) is 22.8. The minimum absolute atomic E-state index is 0.309. The molecule has 0 spiro atoms. The van der Waals surface area contributed by atoms with Gasteiger partial charge in [-0.2, -0.15) is 10.5 Å². The van der Waals surface area contributed by atoms with E-state index in [1.807, 2.05) is 6.07 Å². The maximum atomic E-state index is 9.81. The van der Waals surface area contributed by atoms with Crippen molar-refractivity contribution in [1.82, 2.24) is 4.57 Å². The van der Waals surface area contributed by atoms with Crippen LogP contribution in [-0.2, 0) is 12.8 Å². The molecule has 1 heterocycles. The quantitative estimate of drug-likeness (QED) is 0.288. The Morgan fingerprint density at radius 1 is 0.706 bits per heavy atom. The van der Waals surface area contributed by atoms with Crippen LogP contribution in [0, 0.1) is 22.7 Å². The molecular formula is C31H21N3. The largest absolute Gasteiger partial charge is 0.309 e. The van der Waals surface area contributed by atoms with Crippen LogP contribution in [-0.4, -0.2) is 4.57 Å². The van der Waals surface area contributed by atoms with Gasteiger partial charge in [0.25, 0.3) is 0 Å². The van der Waals surface area contributed by atoms with Crippen LogP contribution in [0.3, 0.4) is 0 Å². The number of fused-ring (bicyclic) bond motifs is 9. The molecule has 0 fully saturated rings. The molecule has 0 aliphatic heterocycles. The van der Waals surface area contributed by atoms with E-state index in [0.717, 1.165) is 24.8 Å². The Morgan fingerprint density at radius 2 is 1.38 bits per heavy atom. The van der Waals surface area contributed by atoms with Crippen LogP contribution in [0.1, 0.15) is 51.6 Å². The highest BCUT2D eigenvalue weighted by Gasteiger charge is 2.36. The Kier molecular flexibility index (Phi) is 3.99. The van der Waals surface area contributed by atoms with E-state index in [2.05, 4.69) is 89.5 Å². The molecule has 160 valence electrons. The molecule has 0 saturated heterocycles. The second-order valence-electron chi connectivity index (χ2n) is 9.58. The van der Waals surface area contributed by atoms with E-state index in [1.54, 1.807) is 0 Å². The van der Waals surface area contributed by atoms with Crippen molar-refractivity contribution in [3.63, 3.8) is 0 Å². The first-order valence-electron chi connectivity index (χ1n) is 11.8. The molecule has 2 unspecified atom stereocenters. The summed E-state index contributed by atoms with van der Waals surface area (Å²) in [7, 11) is 0. The summed E-state index contributed by atoms with van der Waals surface area (Å²) in [5, 5.41) is 21.9. The van der Waals surface area contributed by atoms with E-state index < -0.39 is 0 Å². The van der Waals surface area contributed by atoms with Gasteiger partial charge < -0.3 is 4.57 Å². The van der Waals surface area contributed by atoms with Gasteiger partial charge in [0.05, 0.1) is 22.2 Å². The van der Waals surface area contributed by atoms with Crippen molar-refractivity contribution in [1.29, 1.82) is 10.5 Å². The molecule has 0 N–H and O–H groups in total. The van der Waals surface area contributed by atoms with Gasteiger partial charge in [0, 0.05) is 16.5 Å². The van der Waals surface area contributed by atoms with Crippen molar-refractivity contribution >= 4 is 21.8 Å². The summed E-state index contributed by atoms with van der Waals surface area (Å²) >= 11 is 0. The van der Waals surface area contributed by atoms with E-state index in [9.17, 15) is 10.5 Å². The third-order valence-corrected chi connectivity index (χ3v) is 7.89. The van der Waals surface area contributed by atoms with Crippen molar-refractivity contribution in [2.45, 2.75) is 31.1 Å². The van der Waals surface area contributed by atoms with Crippen LogP contribution >= 0.6 is 0 Å². The minimum atomic E-state index is 0.309. The van der Waals surface area contributed by atoms with Crippen LogP contribution in [0.2, 0.25) is 0 Å². The molecule has 2 atom stereocenters. The summed E-state index contributed by atoms with van der Waals surface area (Å²) < 4.78 is 2.39. The lowest BCUT2D eigenvalue weighted by atomic mass is 9.65. The highest BCUT2D eigenvalue weighted by atomic mass is 15.0. The molecular weight excluding hydrogens is 414 g/mol. The maximum Gasteiger partial charge on any atom is 0.101 e. The normalized spacial score (nSPS) is 18.2. The van der Waals surface area contributed by atoms with Crippen molar-refractivity contribution in [3.05, 3.63) is 112 Å². The van der Waals surface area contributed by atoms with E-state index in [1.165, 1.54) is 44.2 Å². The zero-order valence-electron chi connectivity index (χ0n) is 18.6. The van der Waals surface area contributed by atoms with Crippen molar-refractivity contribution < 1.29 is 0 Å². The number of rotatable bonds is 1. The fourth-order valence-electron chi connectivity index (χ4n) is 6.51. The summed E-state index contributed by atoms with van der Waals surface area (Å²) in [4.78, 5) is 0. The van der Waals surface area contributed by atoms with E-state index in [4.69, 9.17) is 0 Å².